The number of carbonyl (C=O) groups excluding carboxylic acids is 2. The average Bonchev–Trinajstić information content (AvgIpc) is 2.60. The molecule has 124 valence electrons. The molecular formula is C19H21N3O2. The minimum absolute atomic E-state index is 0.613. The van der Waals surface area contributed by atoms with Crippen LogP contribution in [0.1, 0.15) is 24.5 Å². The number of amides is 2. The van der Waals surface area contributed by atoms with Gasteiger partial charge in [-0.2, -0.15) is 5.10 Å². The summed E-state index contributed by atoms with van der Waals surface area (Å²) in [7, 11) is 0. The first-order valence-electron chi connectivity index (χ1n) is 7.80. The molecule has 0 aliphatic rings. The number of para-hydroxylation sites is 1. The van der Waals surface area contributed by atoms with Crippen molar-refractivity contribution in [2.45, 2.75) is 26.7 Å². The largest absolute Gasteiger partial charge is 0.329 e. The fraction of sp³-hybridized carbons (Fsp3) is 0.211. The number of benzene rings is 2. The third kappa shape index (κ3) is 5.35. The van der Waals surface area contributed by atoms with E-state index in [0.29, 0.717) is 12.1 Å². The Balaban J connectivity index is 1.82. The van der Waals surface area contributed by atoms with Crippen molar-refractivity contribution >= 4 is 23.2 Å². The fourth-order valence-electron chi connectivity index (χ4n) is 2.12. The highest BCUT2D eigenvalue weighted by atomic mass is 16.2. The van der Waals surface area contributed by atoms with Crippen LogP contribution in [0.3, 0.4) is 0 Å². The van der Waals surface area contributed by atoms with Crippen molar-refractivity contribution in [2.75, 3.05) is 5.32 Å². The van der Waals surface area contributed by atoms with Gasteiger partial charge >= 0.3 is 11.8 Å². The first kappa shape index (κ1) is 17.4. The molecule has 0 radical (unpaired) electrons. The molecule has 2 amide bonds. The molecule has 0 bridgehead atoms. The van der Waals surface area contributed by atoms with Crippen LogP contribution >= 0.6 is 0 Å². The Morgan fingerprint density at radius 3 is 2.33 bits per heavy atom. The summed E-state index contributed by atoms with van der Waals surface area (Å²) in [6.07, 6.45) is 1.55. The molecular weight excluding hydrogens is 302 g/mol. The quantitative estimate of drug-likeness (QED) is 0.504. The summed E-state index contributed by atoms with van der Waals surface area (Å²) in [6, 6.07) is 17.3. The van der Waals surface area contributed by atoms with Crippen LogP contribution in [-0.4, -0.2) is 17.5 Å². The number of carbonyl (C=O) groups is 2. The molecule has 0 saturated carbocycles. The second-order valence-electron chi connectivity index (χ2n) is 5.54. The van der Waals surface area contributed by atoms with Gasteiger partial charge in [-0.05, 0) is 43.9 Å². The van der Waals surface area contributed by atoms with E-state index in [2.05, 4.69) is 15.8 Å². The van der Waals surface area contributed by atoms with Gasteiger partial charge in [0.15, 0.2) is 0 Å². The van der Waals surface area contributed by atoms with Gasteiger partial charge in [0.2, 0.25) is 0 Å². The zero-order valence-electron chi connectivity index (χ0n) is 13.9. The van der Waals surface area contributed by atoms with E-state index in [1.165, 1.54) is 5.56 Å². The molecule has 2 N–H and O–H groups in total. The van der Waals surface area contributed by atoms with Crippen molar-refractivity contribution in [1.82, 2.24) is 5.43 Å². The molecule has 5 heteroatoms. The Hall–Kier alpha value is -2.95. The second-order valence-corrected chi connectivity index (χ2v) is 5.54. The minimum atomic E-state index is -0.780. The summed E-state index contributed by atoms with van der Waals surface area (Å²) in [4.78, 5) is 23.7. The van der Waals surface area contributed by atoms with E-state index < -0.39 is 11.8 Å². The predicted octanol–water partition coefficient (Wildman–Crippen LogP) is 3.06. The van der Waals surface area contributed by atoms with Crippen LogP contribution < -0.4 is 10.7 Å². The smallest absolute Gasteiger partial charge is 0.317 e. The monoisotopic (exact) mass is 323 g/mol. The van der Waals surface area contributed by atoms with Crippen molar-refractivity contribution in [2.24, 2.45) is 5.10 Å². The second kappa shape index (κ2) is 8.62. The van der Waals surface area contributed by atoms with E-state index in [9.17, 15) is 9.59 Å². The van der Waals surface area contributed by atoms with Gasteiger partial charge in [0.1, 0.15) is 0 Å². The van der Waals surface area contributed by atoms with Crippen molar-refractivity contribution in [1.29, 1.82) is 0 Å². The lowest BCUT2D eigenvalue weighted by molar-refractivity contribution is -0.136. The number of hydrogen-bond donors (Lipinski definition) is 2. The number of aryl methyl sites for hydroxylation is 2. The zero-order valence-corrected chi connectivity index (χ0v) is 13.9. The van der Waals surface area contributed by atoms with E-state index in [1.807, 2.05) is 56.3 Å². The summed E-state index contributed by atoms with van der Waals surface area (Å²) in [6.45, 7) is 3.68. The topological polar surface area (TPSA) is 70.6 Å². The third-order valence-corrected chi connectivity index (χ3v) is 3.57. The van der Waals surface area contributed by atoms with E-state index in [4.69, 9.17) is 0 Å². The Bertz CT molecular complexity index is 739. The highest BCUT2D eigenvalue weighted by Gasteiger charge is 2.13. The van der Waals surface area contributed by atoms with Gasteiger partial charge in [-0.25, -0.2) is 5.43 Å². The molecule has 0 aromatic heterocycles. The van der Waals surface area contributed by atoms with Crippen LogP contribution in [0.4, 0.5) is 5.69 Å². The number of anilines is 1. The molecule has 0 aliphatic carbocycles. The standard InChI is InChI=1S/C19H21N3O2/c1-14-8-6-7-11-17(14)20-18(23)19(24)22-21-15(2)12-13-16-9-4-3-5-10-16/h3-11H,12-13H2,1-2H3,(H,20,23)(H,22,24)/b21-15-. The van der Waals surface area contributed by atoms with Gasteiger partial charge in [0, 0.05) is 11.4 Å². The van der Waals surface area contributed by atoms with Crippen LogP contribution in [-0.2, 0) is 16.0 Å². The number of nitrogens with one attached hydrogen (secondary N) is 2. The Kier molecular flexibility index (Phi) is 6.25. The van der Waals surface area contributed by atoms with Gasteiger partial charge in [0.05, 0.1) is 0 Å². The van der Waals surface area contributed by atoms with Crippen LogP contribution in [0.25, 0.3) is 0 Å². The van der Waals surface area contributed by atoms with E-state index in [1.54, 1.807) is 12.1 Å². The molecule has 0 unspecified atom stereocenters. The molecule has 24 heavy (non-hydrogen) atoms. The van der Waals surface area contributed by atoms with E-state index >= 15 is 0 Å². The first-order chi connectivity index (χ1) is 11.6. The Labute approximate surface area is 141 Å². The zero-order chi connectivity index (χ0) is 17.4. The van der Waals surface area contributed by atoms with Crippen LogP contribution in [0.2, 0.25) is 0 Å². The normalized spacial score (nSPS) is 11.0. The van der Waals surface area contributed by atoms with E-state index in [0.717, 1.165) is 17.7 Å². The predicted molar refractivity (Wildman–Crippen MR) is 95.8 cm³/mol. The highest BCUT2D eigenvalue weighted by Crippen LogP contribution is 2.12. The molecule has 0 heterocycles. The summed E-state index contributed by atoms with van der Waals surface area (Å²) >= 11 is 0. The maximum absolute atomic E-state index is 11.9. The van der Waals surface area contributed by atoms with Gasteiger partial charge in [0.25, 0.3) is 0 Å². The van der Waals surface area contributed by atoms with Crippen LogP contribution in [0, 0.1) is 6.92 Å². The maximum atomic E-state index is 11.9. The SMILES string of the molecule is C/C(CCc1ccccc1)=N/NC(=O)C(=O)Nc1ccccc1C. The third-order valence-electron chi connectivity index (χ3n) is 3.57. The number of rotatable bonds is 5. The van der Waals surface area contributed by atoms with E-state index in [-0.39, 0.29) is 0 Å². The molecule has 0 fully saturated rings. The first-order valence-corrected chi connectivity index (χ1v) is 7.80. The maximum Gasteiger partial charge on any atom is 0.329 e. The Morgan fingerprint density at radius 1 is 0.958 bits per heavy atom. The molecule has 2 aromatic rings. The van der Waals surface area contributed by atoms with Crippen LogP contribution in [0.15, 0.2) is 59.7 Å². The van der Waals surface area contributed by atoms with Gasteiger partial charge < -0.3 is 5.32 Å². The van der Waals surface area contributed by atoms with Crippen LogP contribution in [0.5, 0.6) is 0 Å². The Morgan fingerprint density at radius 2 is 1.62 bits per heavy atom. The van der Waals surface area contributed by atoms with Gasteiger partial charge in [-0.3, -0.25) is 9.59 Å². The van der Waals surface area contributed by atoms with Crippen molar-refractivity contribution < 1.29 is 9.59 Å². The number of hydrazone groups is 1. The number of hydrogen-bond acceptors (Lipinski definition) is 3. The molecule has 2 rings (SSSR count). The summed E-state index contributed by atoms with van der Waals surface area (Å²) in [5.41, 5.74) is 5.76. The van der Waals surface area contributed by atoms with Gasteiger partial charge in [-0.1, -0.05) is 48.5 Å². The minimum Gasteiger partial charge on any atom is -0.317 e. The molecule has 0 spiro atoms. The highest BCUT2D eigenvalue weighted by molar-refractivity contribution is 6.39. The average molecular weight is 323 g/mol. The molecule has 0 saturated heterocycles. The lowest BCUT2D eigenvalue weighted by Crippen LogP contribution is -2.33. The molecule has 0 atom stereocenters. The van der Waals surface area contributed by atoms with Gasteiger partial charge in [-0.15, -0.1) is 0 Å². The number of nitrogens with zero attached hydrogens (tertiary/aromatic N) is 1. The summed E-state index contributed by atoms with van der Waals surface area (Å²) in [5, 5.41) is 6.55. The fourth-order valence-corrected chi connectivity index (χ4v) is 2.12. The lowest BCUT2D eigenvalue weighted by Gasteiger charge is -2.07. The molecule has 2 aromatic carbocycles. The summed E-state index contributed by atoms with van der Waals surface area (Å²) in [5.74, 6) is -1.51. The van der Waals surface area contributed by atoms with Crippen molar-refractivity contribution in [3.63, 3.8) is 0 Å². The molecule has 0 aliphatic heterocycles. The summed E-state index contributed by atoms with van der Waals surface area (Å²) < 4.78 is 0. The van der Waals surface area contributed by atoms with Crippen molar-refractivity contribution in [3.8, 4) is 0 Å². The molecule has 5 nitrogen and oxygen atoms in total. The van der Waals surface area contributed by atoms with Crippen molar-refractivity contribution in [3.05, 3.63) is 65.7 Å². The lowest BCUT2D eigenvalue weighted by atomic mass is 10.1.